The van der Waals surface area contributed by atoms with Gasteiger partial charge >= 0.3 is 0 Å². The van der Waals surface area contributed by atoms with Gasteiger partial charge in [-0.1, -0.05) is 13.8 Å². The maximum absolute atomic E-state index is 11.8. The van der Waals surface area contributed by atoms with E-state index in [4.69, 9.17) is 5.73 Å². The lowest BCUT2D eigenvalue weighted by Crippen LogP contribution is -2.36. The van der Waals surface area contributed by atoms with Crippen LogP contribution in [0.15, 0.2) is 18.2 Å². The standard InChI is InChI=1S/C12H17N3O4/c1-7(2)5-9(13)12(17)14-10-4-3-8(16)6-11(10)15(18)19/h3-4,6-7,9,16H,5,13H2,1-2H3,(H,14,17). The summed E-state index contributed by atoms with van der Waals surface area (Å²) in [7, 11) is 0. The molecule has 1 aromatic carbocycles. The van der Waals surface area contributed by atoms with Gasteiger partial charge in [0, 0.05) is 0 Å². The van der Waals surface area contributed by atoms with Crippen molar-refractivity contribution in [3.05, 3.63) is 28.3 Å². The second kappa shape index (κ2) is 6.14. The molecule has 0 aliphatic heterocycles. The summed E-state index contributed by atoms with van der Waals surface area (Å²) in [5.41, 5.74) is 5.34. The molecule has 0 saturated carbocycles. The summed E-state index contributed by atoms with van der Waals surface area (Å²) in [4.78, 5) is 21.9. The molecular weight excluding hydrogens is 250 g/mol. The predicted molar refractivity (Wildman–Crippen MR) is 70.8 cm³/mol. The smallest absolute Gasteiger partial charge is 0.296 e. The van der Waals surface area contributed by atoms with E-state index < -0.39 is 16.9 Å². The number of carbonyl (C=O) groups excluding carboxylic acids is 1. The van der Waals surface area contributed by atoms with Gasteiger partial charge in [-0.05, 0) is 24.5 Å². The Kier molecular flexibility index (Phi) is 4.82. The number of nitro groups is 1. The lowest BCUT2D eigenvalue weighted by Gasteiger charge is -2.14. The number of benzene rings is 1. The number of nitrogens with one attached hydrogen (secondary N) is 1. The number of carbonyl (C=O) groups is 1. The number of hydrogen-bond donors (Lipinski definition) is 3. The number of nitrogens with two attached hydrogens (primary N) is 1. The molecule has 0 aliphatic rings. The van der Waals surface area contributed by atoms with E-state index in [1.165, 1.54) is 12.1 Å². The van der Waals surface area contributed by atoms with E-state index in [1.807, 2.05) is 13.8 Å². The van der Waals surface area contributed by atoms with Crippen LogP contribution in [0.5, 0.6) is 5.75 Å². The van der Waals surface area contributed by atoms with Gasteiger partial charge < -0.3 is 16.2 Å². The predicted octanol–water partition coefficient (Wildman–Crippen LogP) is 1.61. The number of hydrogen-bond acceptors (Lipinski definition) is 5. The zero-order chi connectivity index (χ0) is 14.6. The molecule has 0 heterocycles. The van der Waals surface area contributed by atoms with Crippen LogP contribution < -0.4 is 11.1 Å². The minimum absolute atomic E-state index is 0.0204. The molecule has 7 nitrogen and oxygen atoms in total. The Morgan fingerprint density at radius 2 is 2.16 bits per heavy atom. The molecule has 0 saturated heterocycles. The van der Waals surface area contributed by atoms with Gasteiger partial charge in [0.2, 0.25) is 5.91 Å². The largest absolute Gasteiger partial charge is 0.508 e. The van der Waals surface area contributed by atoms with Gasteiger partial charge in [0.05, 0.1) is 17.0 Å². The Morgan fingerprint density at radius 1 is 1.53 bits per heavy atom. The zero-order valence-electron chi connectivity index (χ0n) is 10.8. The van der Waals surface area contributed by atoms with Gasteiger partial charge in [-0.15, -0.1) is 0 Å². The summed E-state index contributed by atoms with van der Waals surface area (Å²) >= 11 is 0. The highest BCUT2D eigenvalue weighted by Gasteiger charge is 2.20. The maximum Gasteiger partial charge on any atom is 0.296 e. The third kappa shape index (κ3) is 4.22. The molecule has 0 bridgehead atoms. The Balaban J connectivity index is 2.87. The minimum atomic E-state index is -0.728. The first-order chi connectivity index (χ1) is 8.81. The number of anilines is 1. The molecule has 1 aromatic rings. The molecule has 104 valence electrons. The van der Waals surface area contributed by atoms with Gasteiger partial charge in [0.25, 0.3) is 5.69 Å². The van der Waals surface area contributed by atoms with E-state index in [9.17, 15) is 20.0 Å². The van der Waals surface area contributed by atoms with Crippen molar-refractivity contribution < 1.29 is 14.8 Å². The molecule has 1 amide bonds. The first-order valence-electron chi connectivity index (χ1n) is 5.85. The number of rotatable bonds is 5. The molecule has 0 radical (unpaired) electrons. The van der Waals surface area contributed by atoms with Crippen molar-refractivity contribution in [1.82, 2.24) is 0 Å². The number of phenols is 1. The minimum Gasteiger partial charge on any atom is -0.508 e. The molecule has 1 unspecified atom stereocenters. The van der Waals surface area contributed by atoms with Crippen LogP contribution in [0.3, 0.4) is 0 Å². The van der Waals surface area contributed by atoms with Crippen LogP contribution in [0.4, 0.5) is 11.4 Å². The fraction of sp³-hybridized carbons (Fsp3) is 0.417. The van der Waals surface area contributed by atoms with E-state index in [2.05, 4.69) is 5.32 Å². The Hall–Kier alpha value is -2.15. The molecule has 0 fully saturated rings. The highest BCUT2D eigenvalue weighted by molar-refractivity contribution is 5.96. The zero-order valence-corrected chi connectivity index (χ0v) is 10.8. The molecular formula is C12H17N3O4. The first-order valence-corrected chi connectivity index (χ1v) is 5.85. The summed E-state index contributed by atoms with van der Waals surface area (Å²) in [5.74, 6) is -0.478. The summed E-state index contributed by atoms with van der Waals surface area (Å²) in [6.07, 6.45) is 0.484. The SMILES string of the molecule is CC(C)CC(N)C(=O)Nc1ccc(O)cc1[N+](=O)[O-]. The average molecular weight is 267 g/mol. The molecule has 1 atom stereocenters. The topological polar surface area (TPSA) is 118 Å². The van der Waals surface area contributed by atoms with Gasteiger partial charge in [0.1, 0.15) is 11.4 Å². The summed E-state index contributed by atoms with van der Waals surface area (Å²) < 4.78 is 0. The van der Waals surface area contributed by atoms with E-state index in [-0.39, 0.29) is 23.0 Å². The lowest BCUT2D eigenvalue weighted by atomic mass is 10.0. The third-order valence-electron chi connectivity index (χ3n) is 2.50. The van der Waals surface area contributed by atoms with Crippen molar-refractivity contribution in [2.75, 3.05) is 5.32 Å². The number of phenolic OH excluding ortho intramolecular Hbond substituents is 1. The summed E-state index contributed by atoms with van der Waals surface area (Å²) in [5, 5.41) is 22.4. The van der Waals surface area contributed by atoms with Gasteiger partial charge in [-0.25, -0.2) is 0 Å². The van der Waals surface area contributed by atoms with Crippen LogP contribution in [0.1, 0.15) is 20.3 Å². The average Bonchev–Trinajstić information content (AvgIpc) is 2.30. The Bertz CT molecular complexity index is 488. The molecule has 7 heteroatoms. The van der Waals surface area contributed by atoms with Crippen molar-refractivity contribution >= 4 is 17.3 Å². The fourth-order valence-electron chi connectivity index (χ4n) is 1.62. The summed E-state index contributed by atoms with van der Waals surface area (Å²) in [6.45, 7) is 3.85. The second-order valence-corrected chi connectivity index (χ2v) is 4.68. The summed E-state index contributed by atoms with van der Waals surface area (Å²) in [6, 6.07) is 2.78. The van der Waals surface area contributed by atoms with Crippen LogP contribution in [-0.2, 0) is 4.79 Å². The maximum atomic E-state index is 11.8. The molecule has 0 spiro atoms. The quantitative estimate of drug-likeness (QED) is 0.425. The van der Waals surface area contributed by atoms with Crippen molar-refractivity contribution in [1.29, 1.82) is 0 Å². The Labute approximate surface area is 110 Å². The van der Waals surface area contributed by atoms with Crippen molar-refractivity contribution in [3.8, 4) is 5.75 Å². The van der Waals surface area contributed by atoms with Crippen LogP contribution in [0.25, 0.3) is 0 Å². The van der Waals surface area contributed by atoms with Crippen molar-refractivity contribution in [3.63, 3.8) is 0 Å². The highest BCUT2D eigenvalue weighted by Crippen LogP contribution is 2.28. The number of nitrogens with zero attached hydrogens (tertiary/aromatic N) is 1. The second-order valence-electron chi connectivity index (χ2n) is 4.68. The van der Waals surface area contributed by atoms with E-state index >= 15 is 0 Å². The van der Waals surface area contributed by atoms with Crippen LogP contribution in [0, 0.1) is 16.0 Å². The van der Waals surface area contributed by atoms with E-state index in [0.717, 1.165) is 6.07 Å². The van der Waals surface area contributed by atoms with Crippen molar-refractivity contribution in [2.24, 2.45) is 11.7 Å². The fourth-order valence-corrected chi connectivity index (χ4v) is 1.62. The molecule has 0 aromatic heterocycles. The van der Waals surface area contributed by atoms with E-state index in [0.29, 0.717) is 6.42 Å². The number of amides is 1. The van der Waals surface area contributed by atoms with Crippen LogP contribution in [-0.4, -0.2) is 22.0 Å². The number of aromatic hydroxyl groups is 1. The molecule has 4 N–H and O–H groups in total. The highest BCUT2D eigenvalue weighted by atomic mass is 16.6. The van der Waals surface area contributed by atoms with Crippen LogP contribution >= 0.6 is 0 Å². The normalized spacial score (nSPS) is 12.2. The van der Waals surface area contributed by atoms with Gasteiger partial charge in [-0.2, -0.15) is 0 Å². The molecule has 19 heavy (non-hydrogen) atoms. The van der Waals surface area contributed by atoms with Gasteiger partial charge in [-0.3, -0.25) is 14.9 Å². The molecule has 1 rings (SSSR count). The first kappa shape index (κ1) is 14.9. The lowest BCUT2D eigenvalue weighted by molar-refractivity contribution is -0.384. The molecule has 0 aliphatic carbocycles. The van der Waals surface area contributed by atoms with Crippen LogP contribution in [0.2, 0.25) is 0 Å². The van der Waals surface area contributed by atoms with E-state index in [1.54, 1.807) is 0 Å². The monoisotopic (exact) mass is 267 g/mol. The van der Waals surface area contributed by atoms with Gasteiger partial charge in [0.15, 0.2) is 0 Å². The van der Waals surface area contributed by atoms with Crippen molar-refractivity contribution in [2.45, 2.75) is 26.3 Å². The third-order valence-corrected chi connectivity index (χ3v) is 2.50. The Morgan fingerprint density at radius 3 is 2.68 bits per heavy atom. The number of nitro benzene ring substituents is 1.